The first-order valence-electron chi connectivity index (χ1n) is 9.81. The fourth-order valence-corrected chi connectivity index (χ4v) is 3.63. The first-order chi connectivity index (χ1) is 14.4. The number of esters is 1. The van der Waals surface area contributed by atoms with Gasteiger partial charge in [0.05, 0.1) is 18.0 Å². The van der Waals surface area contributed by atoms with Crippen molar-refractivity contribution in [2.75, 3.05) is 17.1 Å². The van der Waals surface area contributed by atoms with E-state index in [0.717, 1.165) is 12.0 Å². The number of nitrogens with one attached hydrogen (secondary N) is 1. The van der Waals surface area contributed by atoms with Gasteiger partial charge >= 0.3 is 5.97 Å². The fourth-order valence-electron chi connectivity index (χ4n) is 2.37. The van der Waals surface area contributed by atoms with Crippen molar-refractivity contribution in [3.63, 3.8) is 0 Å². The van der Waals surface area contributed by atoms with Crippen LogP contribution in [0.5, 0.6) is 11.5 Å². The molecule has 0 atom stereocenters. The highest BCUT2D eigenvalue weighted by atomic mass is 32.2. The number of para-hydroxylation sites is 1. The molecule has 0 aliphatic rings. The SMILES string of the molecule is CCCCS(=O)(=O)Nc1cccc(OCCC#Cc2ccncc2)c1OC(=O)CC. The number of carbonyl (C=O) groups is 1. The third-order valence-electron chi connectivity index (χ3n) is 3.91. The van der Waals surface area contributed by atoms with Crippen LogP contribution in [0.1, 0.15) is 45.1 Å². The minimum absolute atomic E-state index is 0.0135. The van der Waals surface area contributed by atoms with E-state index in [1.165, 1.54) is 6.07 Å². The molecule has 0 radical (unpaired) electrons. The van der Waals surface area contributed by atoms with E-state index in [1.807, 2.05) is 19.1 Å². The van der Waals surface area contributed by atoms with Gasteiger partial charge in [0.2, 0.25) is 10.0 Å². The smallest absolute Gasteiger partial charge is 0.311 e. The van der Waals surface area contributed by atoms with Crippen LogP contribution in [0.2, 0.25) is 0 Å². The van der Waals surface area contributed by atoms with Gasteiger partial charge in [0.25, 0.3) is 0 Å². The average molecular weight is 431 g/mol. The van der Waals surface area contributed by atoms with E-state index >= 15 is 0 Å². The average Bonchev–Trinajstić information content (AvgIpc) is 2.74. The van der Waals surface area contributed by atoms with E-state index in [4.69, 9.17) is 9.47 Å². The van der Waals surface area contributed by atoms with Gasteiger partial charge in [0, 0.05) is 30.8 Å². The molecule has 0 unspecified atom stereocenters. The maximum atomic E-state index is 12.3. The summed E-state index contributed by atoms with van der Waals surface area (Å²) in [5, 5.41) is 0. The number of rotatable bonds is 10. The van der Waals surface area contributed by atoms with Gasteiger partial charge in [-0.1, -0.05) is 38.2 Å². The van der Waals surface area contributed by atoms with Crippen LogP contribution in [0.15, 0.2) is 42.7 Å². The molecule has 2 rings (SSSR count). The summed E-state index contributed by atoms with van der Waals surface area (Å²) in [5.74, 6) is 5.83. The minimum Gasteiger partial charge on any atom is -0.489 e. The minimum atomic E-state index is -3.56. The summed E-state index contributed by atoms with van der Waals surface area (Å²) in [7, 11) is -3.56. The van der Waals surface area contributed by atoms with Gasteiger partial charge in [-0.3, -0.25) is 14.5 Å². The van der Waals surface area contributed by atoms with Crippen LogP contribution in [0, 0.1) is 11.8 Å². The number of benzene rings is 1. The molecule has 30 heavy (non-hydrogen) atoms. The van der Waals surface area contributed by atoms with Crippen LogP contribution < -0.4 is 14.2 Å². The van der Waals surface area contributed by atoms with Gasteiger partial charge in [-0.2, -0.15) is 0 Å². The number of hydrogen-bond donors (Lipinski definition) is 1. The van der Waals surface area contributed by atoms with Gasteiger partial charge in [-0.05, 0) is 30.7 Å². The van der Waals surface area contributed by atoms with E-state index < -0.39 is 16.0 Å². The van der Waals surface area contributed by atoms with Crippen molar-refractivity contribution >= 4 is 21.7 Å². The predicted octanol–water partition coefficient (Wildman–Crippen LogP) is 3.76. The van der Waals surface area contributed by atoms with Gasteiger partial charge in [-0.25, -0.2) is 8.42 Å². The van der Waals surface area contributed by atoms with E-state index in [9.17, 15) is 13.2 Å². The van der Waals surface area contributed by atoms with E-state index in [1.54, 1.807) is 31.5 Å². The molecule has 2 aromatic rings. The zero-order valence-electron chi connectivity index (χ0n) is 17.2. The summed E-state index contributed by atoms with van der Waals surface area (Å²) in [6.45, 7) is 3.82. The Bertz CT molecular complexity index is 995. The second kappa shape index (κ2) is 11.8. The maximum absolute atomic E-state index is 12.3. The molecule has 0 fully saturated rings. The van der Waals surface area contributed by atoms with Crippen LogP contribution in [-0.2, 0) is 14.8 Å². The maximum Gasteiger partial charge on any atom is 0.311 e. The number of nitrogens with zero attached hydrogens (tertiary/aromatic N) is 1. The quantitative estimate of drug-likeness (QED) is 0.267. The second-order valence-corrected chi connectivity index (χ2v) is 8.21. The summed E-state index contributed by atoms with van der Waals surface area (Å²) in [5.41, 5.74) is 1.03. The van der Waals surface area contributed by atoms with Crippen LogP contribution in [0.3, 0.4) is 0 Å². The number of hydrogen-bond acceptors (Lipinski definition) is 6. The number of sulfonamides is 1. The Morgan fingerprint density at radius 1 is 1.17 bits per heavy atom. The monoisotopic (exact) mass is 430 g/mol. The Morgan fingerprint density at radius 3 is 2.63 bits per heavy atom. The Morgan fingerprint density at radius 2 is 1.93 bits per heavy atom. The predicted molar refractivity (Wildman–Crippen MR) is 116 cm³/mol. The molecule has 0 aliphatic heterocycles. The summed E-state index contributed by atoms with van der Waals surface area (Å²) in [6.07, 6.45) is 5.21. The summed E-state index contributed by atoms with van der Waals surface area (Å²) >= 11 is 0. The topological polar surface area (TPSA) is 94.6 Å². The van der Waals surface area contributed by atoms with Crippen molar-refractivity contribution in [1.82, 2.24) is 4.98 Å². The number of anilines is 1. The summed E-state index contributed by atoms with van der Waals surface area (Å²) in [6, 6.07) is 8.42. The third-order valence-corrected chi connectivity index (χ3v) is 5.27. The van der Waals surface area contributed by atoms with Crippen molar-refractivity contribution in [2.24, 2.45) is 0 Å². The normalized spacial score (nSPS) is 10.6. The molecule has 0 saturated heterocycles. The van der Waals surface area contributed by atoms with E-state index in [0.29, 0.717) is 12.8 Å². The van der Waals surface area contributed by atoms with Crippen LogP contribution in [0.25, 0.3) is 0 Å². The third kappa shape index (κ3) is 7.76. The molecule has 1 N–H and O–H groups in total. The van der Waals surface area contributed by atoms with Gasteiger partial charge in [0.15, 0.2) is 11.5 Å². The first-order valence-corrected chi connectivity index (χ1v) is 11.5. The molecular weight excluding hydrogens is 404 g/mol. The lowest BCUT2D eigenvalue weighted by molar-refractivity contribution is -0.134. The zero-order chi connectivity index (χ0) is 21.8. The first kappa shape index (κ1) is 23.2. The number of unbranched alkanes of at least 4 members (excludes halogenated alkanes) is 1. The van der Waals surface area contributed by atoms with E-state index in [2.05, 4.69) is 21.5 Å². The van der Waals surface area contributed by atoms with Crippen molar-refractivity contribution in [3.8, 4) is 23.3 Å². The van der Waals surface area contributed by atoms with Gasteiger partial charge in [0.1, 0.15) is 0 Å². The Kier molecular flexibility index (Phi) is 9.16. The largest absolute Gasteiger partial charge is 0.489 e. The number of aromatic nitrogens is 1. The van der Waals surface area contributed by atoms with Crippen LogP contribution in [0.4, 0.5) is 5.69 Å². The molecule has 0 amide bonds. The number of ether oxygens (including phenoxy) is 2. The number of pyridine rings is 1. The van der Waals surface area contributed by atoms with Gasteiger partial charge in [-0.15, -0.1) is 0 Å². The van der Waals surface area contributed by atoms with Crippen molar-refractivity contribution in [2.45, 2.75) is 39.5 Å². The molecule has 0 spiro atoms. The summed E-state index contributed by atoms with van der Waals surface area (Å²) < 4.78 is 38.2. The highest BCUT2D eigenvalue weighted by Gasteiger charge is 2.19. The van der Waals surface area contributed by atoms with Crippen molar-refractivity contribution in [3.05, 3.63) is 48.3 Å². The van der Waals surface area contributed by atoms with Crippen molar-refractivity contribution in [1.29, 1.82) is 0 Å². The zero-order valence-corrected chi connectivity index (χ0v) is 18.0. The molecule has 7 nitrogen and oxygen atoms in total. The molecule has 1 aromatic carbocycles. The molecule has 8 heteroatoms. The lowest BCUT2D eigenvalue weighted by atomic mass is 10.2. The molecule has 1 aromatic heterocycles. The summed E-state index contributed by atoms with van der Waals surface area (Å²) in [4.78, 5) is 15.8. The second-order valence-electron chi connectivity index (χ2n) is 6.37. The highest BCUT2D eigenvalue weighted by Crippen LogP contribution is 2.36. The molecule has 0 aliphatic carbocycles. The van der Waals surface area contributed by atoms with Crippen molar-refractivity contribution < 1.29 is 22.7 Å². The Balaban J connectivity index is 2.13. The molecule has 160 valence electrons. The molecule has 0 saturated carbocycles. The molecular formula is C22H26N2O5S. The molecule has 0 bridgehead atoms. The lowest BCUT2D eigenvalue weighted by Gasteiger charge is -2.16. The lowest BCUT2D eigenvalue weighted by Crippen LogP contribution is -2.18. The number of carbonyl (C=O) groups excluding carboxylic acids is 1. The van der Waals surface area contributed by atoms with Crippen LogP contribution in [-0.4, -0.2) is 31.7 Å². The highest BCUT2D eigenvalue weighted by molar-refractivity contribution is 7.92. The molecule has 1 heterocycles. The Hall–Kier alpha value is -3.05. The standard InChI is InChI=1S/C22H26N2O5S/c1-3-5-17-30(26,27)24-19-10-8-11-20(22(19)29-21(25)4-2)28-16-7-6-9-18-12-14-23-15-13-18/h8,10-15,24H,3-5,7,16-17H2,1-2H3. The van der Waals surface area contributed by atoms with Gasteiger partial charge < -0.3 is 9.47 Å². The van der Waals surface area contributed by atoms with Crippen LogP contribution >= 0.6 is 0 Å². The van der Waals surface area contributed by atoms with E-state index in [-0.39, 0.29) is 36.0 Å². The Labute approximate surface area is 177 Å². The fraction of sp³-hybridized carbons (Fsp3) is 0.364.